The minimum atomic E-state index is -4.94. The van der Waals surface area contributed by atoms with Crippen molar-refractivity contribution in [3.63, 3.8) is 0 Å². The van der Waals surface area contributed by atoms with Crippen molar-refractivity contribution in [1.29, 1.82) is 0 Å². The van der Waals surface area contributed by atoms with Gasteiger partial charge in [-0.05, 0) is 17.7 Å². The molecule has 1 rings (SSSR count). The molecule has 0 fully saturated rings. The van der Waals surface area contributed by atoms with E-state index in [-0.39, 0.29) is 5.56 Å². The minimum absolute atomic E-state index is 0.144. The molecule has 78 valence electrons. The Bertz CT molecular complexity index is 322. The van der Waals surface area contributed by atoms with Gasteiger partial charge in [-0.3, -0.25) is 0 Å². The monoisotopic (exact) mass is 210 g/mol. The van der Waals surface area contributed by atoms with Gasteiger partial charge in [-0.25, -0.2) is 4.39 Å². The molecular formula is C8H6F4O2. The summed E-state index contributed by atoms with van der Waals surface area (Å²) in [5, 5.41) is 8.59. The topological polar surface area (TPSA) is 29.5 Å². The second-order valence-electron chi connectivity index (χ2n) is 2.47. The molecule has 1 aromatic rings. The maximum atomic E-state index is 12.7. The van der Waals surface area contributed by atoms with Gasteiger partial charge in [0.2, 0.25) is 0 Å². The van der Waals surface area contributed by atoms with Crippen molar-refractivity contribution in [2.45, 2.75) is 13.0 Å². The molecule has 1 N–H and O–H groups in total. The maximum absolute atomic E-state index is 12.7. The lowest BCUT2D eigenvalue weighted by Crippen LogP contribution is -2.18. The summed E-state index contributed by atoms with van der Waals surface area (Å²) in [6.45, 7) is -0.478. The predicted octanol–water partition coefficient (Wildman–Crippen LogP) is 2.22. The van der Waals surface area contributed by atoms with Crippen LogP contribution in [0.15, 0.2) is 18.2 Å². The second kappa shape index (κ2) is 3.83. The van der Waals surface area contributed by atoms with Crippen molar-refractivity contribution in [3.05, 3.63) is 29.6 Å². The van der Waals surface area contributed by atoms with Gasteiger partial charge in [0, 0.05) is 0 Å². The molecule has 0 bridgehead atoms. The third-order valence-corrected chi connectivity index (χ3v) is 1.40. The highest BCUT2D eigenvalue weighted by atomic mass is 19.4. The van der Waals surface area contributed by atoms with E-state index < -0.39 is 24.5 Å². The molecule has 0 aliphatic heterocycles. The molecule has 0 amide bonds. The Balaban J connectivity index is 2.95. The number of hydrogen-bond donors (Lipinski definition) is 1. The van der Waals surface area contributed by atoms with Gasteiger partial charge < -0.3 is 9.84 Å². The first-order chi connectivity index (χ1) is 6.42. The smallest absolute Gasteiger partial charge is 0.403 e. The molecule has 2 nitrogen and oxygen atoms in total. The summed E-state index contributed by atoms with van der Waals surface area (Å²) in [5.41, 5.74) is 0.144. The second-order valence-corrected chi connectivity index (χ2v) is 2.47. The van der Waals surface area contributed by atoms with Crippen LogP contribution in [-0.4, -0.2) is 11.5 Å². The number of benzene rings is 1. The van der Waals surface area contributed by atoms with Crippen molar-refractivity contribution in [2.24, 2.45) is 0 Å². The summed E-state index contributed by atoms with van der Waals surface area (Å²) in [6, 6.07) is 2.76. The zero-order chi connectivity index (χ0) is 10.8. The molecule has 0 heterocycles. The molecule has 0 unspecified atom stereocenters. The van der Waals surface area contributed by atoms with E-state index in [1.54, 1.807) is 0 Å². The van der Waals surface area contributed by atoms with Crippen LogP contribution in [0, 0.1) is 5.82 Å². The average Bonchev–Trinajstić information content (AvgIpc) is 2.06. The predicted molar refractivity (Wildman–Crippen MR) is 39.0 cm³/mol. The van der Waals surface area contributed by atoms with Crippen LogP contribution in [0.5, 0.6) is 5.75 Å². The Hall–Kier alpha value is -1.30. The first-order valence-electron chi connectivity index (χ1n) is 3.57. The Morgan fingerprint density at radius 1 is 1.29 bits per heavy atom. The number of rotatable bonds is 2. The van der Waals surface area contributed by atoms with Crippen molar-refractivity contribution < 1.29 is 27.4 Å². The lowest BCUT2D eigenvalue weighted by molar-refractivity contribution is -0.275. The molecular weight excluding hydrogens is 204 g/mol. The molecule has 1 aromatic carbocycles. The first-order valence-corrected chi connectivity index (χ1v) is 3.57. The molecule has 0 atom stereocenters. The van der Waals surface area contributed by atoms with Gasteiger partial charge in [0.15, 0.2) is 11.6 Å². The number of aliphatic hydroxyl groups is 1. The zero-order valence-corrected chi connectivity index (χ0v) is 6.81. The lowest BCUT2D eigenvalue weighted by atomic mass is 10.2. The number of halogens is 4. The van der Waals surface area contributed by atoms with Gasteiger partial charge in [0.1, 0.15) is 0 Å². The molecule has 14 heavy (non-hydrogen) atoms. The van der Waals surface area contributed by atoms with Gasteiger partial charge in [0.05, 0.1) is 6.61 Å². The molecule has 6 heteroatoms. The van der Waals surface area contributed by atoms with Crippen LogP contribution in [0.1, 0.15) is 5.56 Å². The fourth-order valence-electron chi connectivity index (χ4n) is 0.849. The molecule has 0 saturated heterocycles. The van der Waals surface area contributed by atoms with Crippen LogP contribution < -0.4 is 4.74 Å². The summed E-state index contributed by atoms with van der Waals surface area (Å²) in [6.07, 6.45) is -4.94. The van der Waals surface area contributed by atoms with Gasteiger partial charge in [-0.1, -0.05) is 6.07 Å². The van der Waals surface area contributed by atoms with Gasteiger partial charge in [-0.15, -0.1) is 13.2 Å². The molecule has 0 aromatic heterocycles. The highest BCUT2D eigenvalue weighted by Crippen LogP contribution is 2.26. The summed E-state index contributed by atoms with van der Waals surface area (Å²) in [4.78, 5) is 0. The highest BCUT2D eigenvalue weighted by molar-refractivity contribution is 5.30. The van der Waals surface area contributed by atoms with E-state index in [1.807, 2.05) is 0 Å². The standard InChI is InChI=1S/C8H6F4O2/c9-6-2-1-5(4-13)3-7(6)14-8(10,11)12/h1-3,13H,4H2. The Morgan fingerprint density at radius 2 is 1.93 bits per heavy atom. The van der Waals surface area contributed by atoms with E-state index in [9.17, 15) is 17.6 Å². The van der Waals surface area contributed by atoms with Gasteiger partial charge in [0.25, 0.3) is 0 Å². The Kier molecular flexibility index (Phi) is 2.95. The van der Waals surface area contributed by atoms with Crippen LogP contribution in [0.2, 0.25) is 0 Å². The van der Waals surface area contributed by atoms with Gasteiger partial charge >= 0.3 is 6.36 Å². The summed E-state index contributed by atoms with van der Waals surface area (Å²) in [5.74, 6) is -2.07. The fraction of sp³-hybridized carbons (Fsp3) is 0.250. The number of alkyl halides is 3. The average molecular weight is 210 g/mol. The van der Waals surface area contributed by atoms with Crippen molar-refractivity contribution in [3.8, 4) is 5.75 Å². The maximum Gasteiger partial charge on any atom is 0.573 e. The van der Waals surface area contributed by atoms with Crippen LogP contribution in [0.3, 0.4) is 0 Å². The quantitative estimate of drug-likeness (QED) is 0.758. The summed E-state index contributed by atoms with van der Waals surface area (Å²) in [7, 11) is 0. The first kappa shape index (κ1) is 10.8. The van der Waals surface area contributed by atoms with E-state index in [0.717, 1.165) is 12.1 Å². The van der Waals surface area contributed by atoms with Crippen LogP contribution in [0.25, 0.3) is 0 Å². The van der Waals surface area contributed by atoms with E-state index >= 15 is 0 Å². The molecule has 0 aliphatic carbocycles. The van der Waals surface area contributed by atoms with E-state index in [2.05, 4.69) is 4.74 Å². The van der Waals surface area contributed by atoms with Crippen LogP contribution in [0.4, 0.5) is 17.6 Å². The van der Waals surface area contributed by atoms with E-state index in [1.165, 1.54) is 6.07 Å². The van der Waals surface area contributed by atoms with Crippen molar-refractivity contribution >= 4 is 0 Å². The molecule has 0 radical (unpaired) electrons. The zero-order valence-electron chi connectivity index (χ0n) is 6.81. The SMILES string of the molecule is OCc1ccc(F)c(OC(F)(F)F)c1. The summed E-state index contributed by atoms with van der Waals surface area (Å²) < 4.78 is 51.2. The highest BCUT2D eigenvalue weighted by Gasteiger charge is 2.32. The van der Waals surface area contributed by atoms with Crippen LogP contribution >= 0.6 is 0 Å². The van der Waals surface area contributed by atoms with E-state index in [4.69, 9.17) is 5.11 Å². The normalized spacial score (nSPS) is 11.5. The fourth-order valence-corrected chi connectivity index (χ4v) is 0.849. The van der Waals surface area contributed by atoms with E-state index in [0.29, 0.717) is 0 Å². The third kappa shape index (κ3) is 2.88. The Labute approximate surface area is 76.7 Å². The van der Waals surface area contributed by atoms with Gasteiger partial charge in [-0.2, -0.15) is 0 Å². The minimum Gasteiger partial charge on any atom is -0.403 e. The lowest BCUT2D eigenvalue weighted by Gasteiger charge is -2.10. The molecule has 0 aliphatic rings. The van der Waals surface area contributed by atoms with Crippen LogP contribution in [-0.2, 0) is 6.61 Å². The number of aliphatic hydroxyl groups excluding tert-OH is 1. The largest absolute Gasteiger partial charge is 0.573 e. The summed E-state index contributed by atoms with van der Waals surface area (Å²) >= 11 is 0. The van der Waals surface area contributed by atoms with Crippen molar-refractivity contribution in [1.82, 2.24) is 0 Å². The van der Waals surface area contributed by atoms with Crippen molar-refractivity contribution in [2.75, 3.05) is 0 Å². The Morgan fingerprint density at radius 3 is 2.43 bits per heavy atom. The number of ether oxygens (including phenoxy) is 1. The number of hydrogen-bond acceptors (Lipinski definition) is 2. The third-order valence-electron chi connectivity index (χ3n) is 1.40. The molecule has 0 saturated carbocycles. The molecule has 0 spiro atoms.